The monoisotopic (exact) mass is 447 g/mol. The zero-order chi connectivity index (χ0) is 22.9. The first-order valence-electron chi connectivity index (χ1n) is 10.4. The maximum absolute atomic E-state index is 13.8. The van der Waals surface area contributed by atoms with E-state index in [9.17, 15) is 18.0 Å². The zero-order valence-electron chi connectivity index (χ0n) is 17.8. The number of methoxy groups -OCH3 is 1. The molecule has 170 valence electrons. The van der Waals surface area contributed by atoms with E-state index in [0.29, 0.717) is 43.1 Å². The van der Waals surface area contributed by atoms with E-state index in [1.807, 2.05) is 0 Å². The third-order valence-electron chi connectivity index (χ3n) is 5.62. The van der Waals surface area contributed by atoms with E-state index in [2.05, 4.69) is 10.3 Å². The van der Waals surface area contributed by atoms with Crippen LogP contribution < -0.4 is 10.1 Å². The fourth-order valence-corrected chi connectivity index (χ4v) is 4.00. The predicted octanol–water partition coefficient (Wildman–Crippen LogP) is 4.17. The van der Waals surface area contributed by atoms with E-state index in [-0.39, 0.29) is 35.3 Å². The van der Waals surface area contributed by atoms with Crippen LogP contribution in [0.2, 0.25) is 0 Å². The molecule has 3 aromatic rings. The van der Waals surface area contributed by atoms with Gasteiger partial charge in [-0.3, -0.25) is 4.79 Å². The molecule has 2 aromatic heterocycles. The highest BCUT2D eigenvalue weighted by Crippen LogP contribution is 2.34. The van der Waals surface area contributed by atoms with Crippen molar-refractivity contribution in [2.24, 2.45) is 0 Å². The van der Waals surface area contributed by atoms with Crippen LogP contribution in [-0.4, -0.2) is 41.7 Å². The fraction of sp³-hybridized carbons (Fsp3) is 0.391. The molecule has 0 bridgehead atoms. The molecule has 1 N–H and O–H groups in total. The van der Waals surface area contributed by atoms with E-state index < -0.39 is 11.9 Å². The molecule has 4 rings (SSSR count). The highest BCUT2D eigenvalue weighted by molar-refractivity contribution is 5.95. The smallest absolute Gasteiger partial charge is 0.435 e. The average molecular weight is 447 g/mol. The first-order valence-corrected chi connectivity index (χ1v) is 10.4. The number of rotatable bonds is 5. The van der Waals surface area contributed by atoms with Crippen LogP contribution in [0, 0.1) is 6.92 Å². The van der Waals surface area contributed by atoms with Crippen molar-refractivity contribution in [3.8, 4) is 5.75 Å². The van der Waals surface area contributed by atoms with Gasteiger partial charge in [0.15, 0.2) is 5.69 Å². The minimum Gasteiger partial charge on any atom is -0.497 e. The quantitative estimate of drug-likeness (QED) is 0.638. The summed E-state index contributed by atoms with van der Waals surface area (Å²) in [6, 6.07) is 9.86. The highest BCUT2D eigenvalue weighted by Gasteiger charge is 2.38. The molecule has 1 saturated heterocycles. The second-order valence-electron chi connectivity index (χ2n) is 7.87. The lowest BCUT2D eigenvalue weighted by molar-refractivity contribution is -0.141. The number of hydrogen-bond acceptors (Lipinski definition) is 4. The maximum Gasteiger partial charge on any atom is 0.435 e. The van der Waals surface area contributed by atoms with E-state index in [1.165, 1.54) is 17.6 Å². The van der Waals surface area contributed by atoms with Gasteiger partial charge in [-0.25, -0.2) is 4.98 Å². The minimum absolute atomic E-state index is 0.0103. The molecule has 1 aliphatic heterocycles. The van der Waals surface area contributed by atoms with Gasteiger partial charge in [-0.2, -0.15) is 13.2 Å². The van der Waals surface area contributed by atoms with Gasteiger partial charge in [0.05, 0.1) is 12.8 Å². The van der Waals surface area contributed by atoms with Gasteiger partial charge in [-0.1, -0.05) is 12.1 Å². The summed E-state index contributed by atoms with van der Waals surface area (Å²) >= 11 is 0. The van der Waals surface area contributed by atoms with Gasteiger partial charge >= 0.3 is 6.18 Å². The second kappa shape index (κ2) is 8.82. The molecule has 1 amide bonds. The largest absolute Gasteiger partial charge is 0.497 e. The van der Waals surface area contributed by atoms with Crippen LogP contribution in [0.1, 0.15) is 45.8 Å². The number of amides is 1. The van der Waals surface area contributed by atoms with E-state index in [0.717, 1.165) is 0 Å². The molecule has 1 aromatic carbocycles. The van der Waals surface area contributed by atoms with Crippen LogP contribution in [0.4, 0.5) is 13.2 Å². The molecular weight excluding hydrogens is 423 g/mol. The third-order valence-corrected chi connectivity index (χ3v) is 5.62. The van der Waals surface area contributed by atoms with Gasteiger partial charge in [0, 0.05) is 36.9 Å². The molecule has 0 spiro atoms. The van der Waals surface area contributed by atoms with Crippen molar-refractivity contribution in [3.63, 3.8) is 0 Å². The van der Waals surface area contributed by atoms with Crippen LogP contribution in [0.15, 0.2) is 36.4 Å². The highest BCUT2D eigenvalue weighted by atomic mass is 19.4. The molecular formula is C23H24F3N3O3. The molecule has 0 atom stereocenters. The Hall–Kier alpha value is -3.07. The summed E-state index contributed by atoms with van der Waals surface area (Å²) in [6.07, 6.45) is -3.17. The van der Waals surface area contributed by atoms with E-state index in [1.54, 1.807) is 37.3 Å². The number of ether oxygens (including phenoxy) is 2. The van der Waals surface area contributed by atoms with Crippen LogP contribution in [-0.2, 0) is 17.3 Å². The van der Waals surface area contributed by atoms with E-state index in [4.69, 9.17) is 9.47 Å². The molecule has 1 aliphatic rings. The molecule has 9 heteroatoms. The van der Waals surface area contributed by atoms with Crippen LogP contribution in [0.3, 0.4) is 0 Å². The Balaban J connectivity index is 1.71. The number of aromatic nitrogens is 2. The molecule has 1 fully saturated rings. The van der Waals surface area contributed by atoms with Crippen LogP contribution >= 0.6 is 0 Å². The number of fused-ring (bicyclic) bond motifs is 1. The van der Waals surface area contributed by atoms with Gasteiger partial charge in [-0.05, 0) is 49.6 Å². The van der Waals surface area contributed by atoms with Crippen molar-refractivity contribution >= 4 is 11.6 Å². The van der Waals surface area contributed by atoms with Gasteiger partial charge in [0.2, 0.25) is 0 Å². The molecule has 0 aliphatic carbocycles. The first kappa shape index (κ1) is 22.1. The SMILES string of the molecule is COc1ccc(Cc2c(C(F)(F)F)nc3cc(C(=O)NC4CCOCC4)cc(C)n23)cc1. The number of halogens is 3. The fourth-order valence-electron chi connectivity index (χ4n) is 4.00. The standard InChI is InChI=1S/C23H24F3N3O3/c1-14-11-16(22(30)27-17-7-9-32-10-8-17)13-20-28-21(23(24,25)26)19(29(14)20)12-15-3-5-18(31-2)6-4-15/h3-6,11,13,17H,7-10,12H2,1-2H3,(H,27,30). The number of hydrogen-bond donors (Lipinski definition) is 1. The number of pyridine rings is 1. The Morgan fingerprint density at radius 3 is 2.53 bits per heavy atom. The number of imidazole rings is 1. The lowest BCUT2D eigenvalue weighted by Crippen LogP contribution is -2.38. The Labute approximate surface area is 183 Å². The van der Waals surface area contributed by atoms with Crippen molar-refractivity contribution < 1.29 is 27.4 Å². The maximum atomic E-state index is 13.8. The Kier molecular flexibility index (Phi) is 6.10. The number of benzene rings is 1. The van der Waals surface area contributed by atoms with Crippen molar-refractivity contribution in [1.29, 1.82) is 0 Å². The third kappa shape index (κ3) is 4.57. The van der Waals surface area contributed by atoms with Crippen LogP contribution in [0.5, 0.6) is 5.75 Å². The van der Waals surface area contributed by atoms with Gasteiger partial charge in [0.1, 0.15) is 11.4 Å². The van der Waals surface area contributed by atoms with Crippen molar-refractivity contribution in [3.05, 3.63) is 64.6 Å². The Morgan fingerprint density at radius 1 is 1.22 bits per heavy atom. The Morgan fingerprint density at radius 2 is 1.91 bits per heavy atom. The van der Waals surface area contributed by atoms with Gasteiger partial charge in [-0.15, -0.1) is 0 Å². The molecule has 3 heterocycles. The molecule has 32 heavy (non-hydrogen) atoms. The summed E-state index contributed by atoms with van der Waals surface area (Å²) in [5.74, 6) is 0.301. The van der Waals surface area contributed by atoms with Crippen molar-refractivity contribution in [1.82, 2.24) is 14.7 Å². The summed E-state index contributed by atoms with van der Waals surface area (Å²) in [5.41, 5.74) is 0.670. The lowest BCUT2D eigenvalue weighted by Gasteiger charge is -2.23. The average Bonchev–Trinajstić information content (AvgIpc) is 3.14. The summed E-state index contributed by atoms with van der Waals surface area (Å²) < 4.78 is 53.3. The number of nitrogens with zero attached hydrogens (tertiary/aromatic N) is 2. The molecule has 6 nitrogen and oxygen atoms in total. The molecule has 0 radical (unpaired) electrons. The van der Waals surface area contributed by atoms with Crippen molar-refractivity contribution in [2.75, 3.05) is 20.3 Å². The minimum atomic E-state index is -4.62. The second-order valence-corrected chi connectivity index (χ2v) is 7.87. The number of alkyl halides is 3. The number of nitrogens with one attached hydrogen (secondary N) is 1. The topological polar surface area (TPSA) is 64.9 Å². The first-order chi connectivity index (χ1) is 15.3. The van der Waals surface area contributed by atoms with Crippen molar-refractivity contribution in [2.45, 2.75) is 38.4 Å². The predicted molar refractivity (Wildman–Crippen MR) is 112 cm³/mol. The Bertz CT molecular complexity index is 1120. The van der Waals surface area contributed by atoms with Gasteiger partial charge in [0.25, 0.3) is 5.91 Å². The summed E-state index contributed by atoms with van der Waals surface area (Å²) in [7, 11) is 1.53. The number of carbonyl (C=O) groups is 1. The molecule has 0 saturated carbocycles. The zero-order valence-corrected chi connectivity index (χ0v) is 17.8. The normalized spacial score (nSPS) is 15.2. The van der Waals surface area contributed by atoms with Gasteiger partial charge < -0.3 is 19.2 Å². The number of aryl methyl sites for hydroxylation is 1. The molecule has 0 unspecified atom stereocenters. The van der Waals surface area contributed by atoms with Crippen LogP contribution in [0.25, 0.3) is 5.65 Å². The summed E-state index contributed by atoms with van der Waals surface area (Å²) in [4.78, 5) is 16.6. The summed E-state index contributed by atoms with van der Waals surface area (Å²) in [6.45, 7) is 2.83. The summed E-state index contributed by atoms with van der Waals surface area (Å²) in [5, 5.41) is 2.94. The number of carbonyl (C=O) groups excluding carboxylic acids is 1. The van der Waals surface area contributed by atoms with E-state index >= 15 is 0 Å². The lowest BCUT2D eigenvalue weighted by atomic mass is 10.1.